The van der Waals surface area contributed by atoms with Gasteiger partial charge in [-0.3, -0.25) is 9.59 Å². The van der Waals surface area contributed by atoms with E-state index in [1.165, 1.54) is 6.26 Å². The second-order valence-electron chi connectivity index (χ2n) is 6.55. The summed E-state index contributed by atoms with van der Waals surface area (Å²) in [5, 5.41) is 0.119. The topological polar surface area (TPSA) is 53.8 Å². The molecule has 6 heteroatoms. The number of nitrogens with zero attached hydrogens (tertiary/aromatic N) is 2. The molecule has 0 saturated carbocycles. The zero-order valence-corrected chi connectivity index (χ0v) is 14.5. The third-order valence-electron chi connectivity index (χ3n) is 5.08. The number of likely N-dealkylation sites (tertiary alicyclic amines) is 1. The SMILES string of the molecule is O=C1CCCN1CCC1CN(C(=O)c2ccoc2Cl)c2ccccc21. The van der Waals surface area contributed by atoms with E-state index in [0.717, 1.165) is 37.2 Å². The Morgan fingerprint density at radius 1 is 1.28 bits per heavy atom. The Morgan fingerprint density at radius 2 is 2.12 bits per heavy atom. The molecule has 0 radical (unpaired) electrons. The largest absolute Gasteiger partial charge is 0.452 e. The van der Waals surface area contributed by atoms with Crippen molar-refractivity contribution in [3.05, 3.63) is 52.9 Å². The molecule has 2 aromatic rings. The normalized spacial score (nSPS) is 19.6. The van der Waals surface area contributed by atoms with Crippen molar-refractivity contribution >= 4 is 29.1 Å². The van der Waals surface area contributed by atoms with Gasteiger partial charge in [0.05, 0.1) is 11.8 Å². The zero-order valence-electron chi connectivity index (χ0n) is 13.8. The summed E-state index contributed by atoms with van der Waals surface area (Å²) in [5.74, 6) is 0.314. The lowest BCUT2D eigenvalue weighted by molar-refractivity contribution is -0.127. The minimum atomic E-state index is -0.147. The molecule has 25 heavy (non-hydrogen) atoms. The first-order chi connectivity index (χ1) is 12.1. The van der Waals surface area contributed by atoms with Crippen LogP contribution in [0.1, 0.15) is 41.1 Å². The first-order valence-electron chi connectivity index (χ1n) is 8.56. The van der Waals surface area contributed by atoms with E-state index in [4.69, 9.17) is 16.0 Å². The summed E-state index contributed by atoms with van der Waals surface area (Å²) in [6, 6.07) is 9.55. The van der Waals surface area contributed by atoms with E-state index in [1.54, 1.807) is 11.0 Å². The number of fused-ring (bicyclic) bond motifs is 1. The van der Waals surface area contributed by atoms with Crippen molar-refractivity contribution in [2.45, 2.75) is 25.2 Å². The summed E-state index contributed by atoms with van der Waals surface area (Å²) >= 11 is 5.98. The summed E-state index contributed by atoms with van der Waals surface area (Å²) in [5.41, 5.74) is 2.46. The third-order valence-corrected chi connectivity index (χ3v) is 5.38. The average molecular weight is 359 g/mol. The van der Waals surface area contributed by atoms with Gasteiger partial charge in [0.1, 0.15) is 0 Å². The molecule has 0 N–H and O–H groups in total. The second-order valence-corrected chi connectivity index (χ2v) is 6.90. The molecule has 5 nitrogen and oxygen atoms in total. The summed E-state index contributed by atoms with van der Waals surface area (Å²) in [7, 11) is 0. The monoisotopic (exact) mass is 358 g/mol. The molecule has 0 bridgehead atoms. The molecule has 2 amide bonds. The number of hydrogen-bond donors (Lipinski definition) is 0. The van der Waals surface area contributed by atoms with Crippen LogP contribution < -0.4 is 4.90 Å². The minimum Gasteiger partial charge on any atom is -0.452 e. The van der Waals surface area contributed by atoms with Gasteiger partial charge in [0.15, 0.2) is 0 Å². The number of carbonyl (C=O) groups excluding carboxylic acids is 2. The number of rotatable bonds is 4. The molecule has 3 heterocycles. The molecule has 130 valence electrons. The Hall–Kier alpha value is -2.27. The fourth-order valence-corrected chi connectivity index (χ4v) is 3.97. The van der Waals surface area contributed by atoms with Gasteiger partial charge in [0.25, 0.3) is 5.91 Å². The van der Waals surface area contributed by atoms with E-state index in [-0.39, 0.29) is 23.0 Å². The van der Waals surface area contributed by atoms with Crippen molar-refractivity contribution < 1.29 is 14.0 Å². The maximum absolute atomic E-state index is 12.9. The number of furan rings is 1. The minimum absolute atomic E-state index is 0.119. The predicted molar refractivity (Wildman–Crippen MR) is 95.0 cm³/mol. The second kappa shape index (κ2) is 6.56. The maximum atomic E-state index is 12.9. The molecule has 1 saturated heterocycles. The number of halogens is 1. The Balaban J connectivity index is 1.54. The quantitative estimate of drug-likeness (QED) is 0.837. The Morgan fingerprint density at radius 3 is 2.84 bits per heavy atom. The summed E-state index contributed by atoms with van der Waals surface area (Å²) in [6.07, 6.45) is 3.88. The predicted octanol–water partition coefficient (Wildman–Crippen LogP) is 3.69. The highest BCUT2D eigenvalue weighted by atomic mass is 35.5. The lowest BCUT2D eigenvalue weighted by atomic mass is 9.98. The van der Waals surface area contributed by atoms with Crippen LogP contribution in [0.25, 0.3) is 0 Å². The van der Waals surface area contributed by atoms with E-state index < -0.39 is 0 Å². The Bertz CT molecular complexity index is 817. The molecule has 2 aliphatic rings. The molecular weight excluding hydrogens is 340 g/mol. The highest BCUT2D eigenvalue weighted by Crippen LogP contribution is 2.39. The van der Waals surface area contributed by atoms with Crippen molar-refractivity contribution in [1.82, 2.24) is 4.90 Å². The Labute approximate surface area is 151 Å². The van der Waals surface area contributed by atoms with Gasteiger partial charge in [0, 0.05) is 37.7 Å². The van der Waals surface area contributed by atoms with Crippen LogP contribution in [-0.2, 0) is 4.79 Å². The third kappa shape index (κ3) is 2.93. The molecule has 1 aromatic carbocycles. The number of benzene rings is 1. The van der Waals surface area contributed by atoms with Gasteiger partial charge in [-0.25, -0.2) is 0 Å². The molecular formula is C19H19ClN2O3. The molecule has 1 unspecified atom stereocenters. The van der Waals surface area contributed by atoms with Gasteiger partial charge >= 0.3 is 0 Å². The van der Waals surface area contributed by atoms with Crippen LogP contribution in [0, 0.1) is 0 Å². The standard InChI is InChI=1S/C19H19ClN2O3/c20-18-15(8-11-25-18)19(24)22-12-13(14-4-1-2-5-16(14)22)7-10-21-9-3-6-17(21)23/h1-2,4-5,8,11,13H,3,6-7,9-10,12H2. The van der Waals surface area contributed by atoms with Crippen LogP contribution in [-0.4, -0.2) is 36.3 Å². The van der Waals surface area contributed by atoms with Gasteiger partial charge in [-0.1, -0.05) is 18.2 Å². The van der Waals surface area contributed by atoms with E-state index in [2.05, 4.69) is 6.07 Å². The summed E-state index contributed by atoms with van der Waals surface area (Å²) in [6.45, 7) is 2.19. The Kier molecular flexibility index (Phi) is 4.25. The van der Waals surface area contributed by atoms with Crippen LogP contribution in [0.4, 0.5) is 5.69 Å². The molecule has 0 spiro atoms. The fraction of sp³-hybridized carbons (Fsp3) is 0.368. The molecule has 1 atom stereocenters. The van der Waals surface area contributed by atoms with Gasteiger partial charge < -0.3 is 14.2 Å². The highest BCUT2D eigenvalue weighted by molar-refractivity contribution is 6.33. The first-order valence-corrected chi connectivity index (χ1v) is 8.94. The number of amides is 2. The number of hydrogen-bond acceptors (Lipinski definition) is 3. The van der Waals surface area contributed by atoms with Crippen LogP contribution in [0.15, 0.2) is 41.0 Å². The van der Waals surface area contributed by atoms with Crippen LogP contribution in [0.2, 0.25) is 5.22 Å². The zero-order chi connectivity index (χ0) is 17.4. The number of para-hydroxylation sites is 1. The summed E-state index contributed by atoms with van der Waals surface area (Å²) in [4.78, 5) is 28.4. The van der Waals surface area contributed by atoms with E-state index >= 15 is 0 Å². The molecule has 1 aromatic heterocycles. The van der Waals surface area contributed by atoms with Crippen molar-refractivity contribution in [1.29, 1.82) is 0 Å². The van der Waals surface area contributed by atoms with Gasteiger partial charge in [-0.05, 0) is 42.1 Å². The fourth-order valence-electron chi connectivity index (χ4n) is 3.78. The molecule has 0 aliphatic carbocycles. The van der Waals surface area contributed by atoms with Crippen molar-refractivity contribution in [3.8, 4) is 0 Å². The van der Waals surface area contributed by atoms with Crippen LogP contribution in [0.5, 0.6) is 0 Å². The van der Waals surface area contributed by atoms with E-state index in [1.807, 2.05) is 23.1 Å². The van der Waals surface area contributed by atoms with Gasteiger partial charge in [0.2, 0.25) is 11.1 Å². The maximum Gasteiger partial charge on any atom is 0.263 e. The molecule has 1 fully saturated rings. The van der Waals surface area contributed by atoms with Crippen LogP contribution >= 0.6 is 11.6 Å². The van der Waals surface area contributed by atoms with Crippen LogP contribution in [0.3, 0.4) is 0 Å². The molecule has 4 rings (SSSR count). The summed E-state index contributed by atoms with van der Waals surface area (Å²) < 4.78 is 5.06. The van der Waals surface area contributed by atoms with E-state index in [0.29, 0.717) is 18.5 Å². The highest BCUT2D eigenvalue weighted by Gasteiger charge is 2.34. The number of anilines is 1. The first kappa shape index (κ1) is 16.2. The van der Waals surface area contributed by atoms with Crippen molar-refractivity contribution in [2.24, 2.45) is 0 Å². The number of carbonyl (C=O) groups is 2. The lowest BCUT2D eigenvalue weighted by Crippen LogP contribution is -2.31. The van der Waals surface area contributed by atoms with E-state index in [9.17, 15) is 9.59 Å². The van der Waals surface area contributed by atoms with Crippen molar-refractivity contribution in [3.63, 3.8) is 0 Å². The lowest BCUT2D eigenvalue weighted by Gasteiger charge is -2.19. The molecule has 2 aliphatic heterocycles. The van der Waals surface area contributed by atoms with Gasteiger partial charge in [-0.2, -0.15) is 0 Å². The smallest absolute Gasteiger partial charge is 0.263 e. The van der Waals surface area contributed by atoms with Crippen molar-refractivity contribution in [2.75, 3.05) is 24.5 Å². The average Bonchev–Trinajstić information content (AvgIpc) is 3.31. The van der Waals surface area contributed by atoms with Gasteiger partial charge in [-0.15, -0.1) is 0 Å².